The van der Waals surface area contributed by atoms with Gasteiger partial charge in [0.15, 0.2) is 0 Å². The van der Waals surface area contributed by atoms with E-state index in [1.165, 1.54) is 0 Å². The molecule has 1 aliphatic rings. The molecule has 0 bridgehead atoms. The van der Waals surface area contributed by atoms with Gasteiger partial charge in [-0.25, -0.2) is 0 Å². The highest BCUT2D eigenvalue weighted by atomic mass is 16.7. The molecule has 0 aromatic heterocycles. The minimum absolute atomic E-state index is 0.175. The zero-order valence-electron chi connectivity index (χ0n) is 20.6. The minimum Gasteiger partial charge on any atom is -0.399 e. The highest BCUT2D eigenvalue weighted by Crippen LogP contribution is 2.36. The number of aryl methyl sites for hydroxylation is 1. The Kier molecular flexibility index (Phi) is 6.94. The lowest BCUT2D eigenvalue weighted by atomic mass is 9.75. The Labute approximate surface area is 202 Å². The van der Waals surface area contributed by atoms with Crippen LogP contribution < -0.4 is 10.8 Å². The Morgan fingerprint density at radius 2 is 1.44 bits per heavy atom. The van der Waals surface area contributed by atoms with Gasteiger partial charge in [-0.2, -0.15) is 0 Å². The molecule has 1 N–H and O–H groups in total. The third-order valence-electron chi connectivity index (χ3n) is 6.64. The number of anilines is 1. The van der Waals surface area contributed by atoms with Crippen LogP contribution >= 0.6 is 0 Å². The summed E-state index contributed by atoms with van der Waals surface area (Å²) in [6.45, 7) is 11.2. The molecule has 3 aromatic rings. The normalized spacial score (nSPS) is 16.4. The van der Waals surface area contributed by atoms with Gasteiger partial charge in [-0.05, 0) is 75.5 Å². The number of carbonyl (C=O) groups excluding carboxylic acids is 1. The summed E-state index contributed by atoms with van der Waals surface area (Å²) in [6.07, 6.45) is 0. The molecule has 0 atom stereocenters. The van der Waals surface area contributed by atoms with Crippen molar-refractivity contribution in [2.24, 2.45) is 0 Å². The maximum Gasteiger partial charge on any atom is 0.495 e. The van der Waals surface area contributed by atoms with Gasteiger partial charge in [-0.15, -0.1) is 0 Å². The van der Waals surface area contributed by atoms with Crippen LogP contribution in [0.5, 0.6) is 0 Å². The number of hydrogen-bond donors (Lipinski definition) is 1. The van der Waals surface area contributed by atoms with Crippen molar-refractivity contribution in [3.63, 3.8) is 0 Å². The second kappa shape index (κ2) is 9.75. The van der Waals surface area contributed by atoms with E-state index < -0.39 is 18.3 Å². The van der Waals surface area contributed by atoms with E-state index in [1.807, 2.05) is 107 Å². The first kappa shape index (κ1) is 24.2. The van der Waals surface area contributed by atoms with E-state index >= 15 is 0 Å². The molecule has 3 aromatic carbocycles. The largest absolute Gasteiger partial charge is 0.495 e. The molecular weight excluding hydrogens is 425 g/mol. The molecule has 4 rings (SSSR count). The van der Waals surface area contributed by atoms with Gasteiger partial charge in [0, 0.05) is 11.3 Å². The van der Waals surface area contributed by atoms with Crippen molar-refractivity contribution in [2.45, 2.75) is 59.0 Å². The van der Waals surface area contributed by atoms with Crippen LogP contribution in [0.4, 0.5) is 5.69 Å². The van der Waals surface area contributed by atoms with Gasteiger partial charge in [-0.1, -0.05) is 54.1 Å². The lowest BCUT2D eigenvalue weighted by Gasteiger charge is -2.32. The maximum atomic E-state index is 12.9. The smallest absolute Gasteiger partial charge is 0.399 e. The quantitative estimate of drug-likeness (QED) is 0.492. The fourth-order valence-corrected chi connectivity index (χ4v) is 3.75. The van der Waals surface area contributed by atoms with Crippen LogP contribution in [0, 0.1) is 6.92 Å². The molecule has 34 heavy (non-hydrogen) atoms. The fourth-order valence-electron chi connectivity index (χ4n) is 3.75. The molecule has 1 saturated heterocycles. The van der Waals surface area contributed by atoms with Gasteiger partial charge in [0.1, 0.15) is 0 Å². The average molecular weight is 457 g/mol. The Balaban J connectivity index is 1.38. The van der Waals surface area contributed by atoms with Crippen LogP contribution in [0.1, 0.15) is 54.7 Å². The van der Waals surface area contributed by atoms with E-state index in [-0.39, 0.29) is 5.91 Å². The number of amides is 1. The third kappa shape index (κ3) is 5.41. The van der Waals surface area contributed by atoms with Crippen molar-refractivity contribution in [3.8, 4) is 0 Å². The minimum atomic E-state index is -0.507. The molecular formula is C28H32BNO4. The monoisotopic (exact) mass is 457 g/mol. The molecule has 1 heterocycles. The summed E-state index contributed by atoms with van der Waals surface area (Å²) in [5.74, 6) is -0.175. The van der Waals surface area contributed by atoms with Crippen molar-refractivity contribution in [1.82, 2.24) is 0 Å². The summed E-state index contributed by atoms with van der Waals surface area (Å²) < 4.78 is 18.2. The third-order valence-corrected chi connectivity index (χ3v) is 6.64. The second-order valence-corrected chi connectivity index (χ2v) is 9.79. The number of ether oxygens (including phenoxy) is 1. The highest BCUT2D eigenvalue weighted by Gasteiger charge is 2.52. The number of nitrogens with one attached hydrogen (secondary N) is 1. The fraction of sp³-hybridized carbons (Fsp3) is 0.321. The Morgan fingerprint density at radius 3 is 2.06 bits per heavy atom. The number of carbonyl (C=O) groups is 1. The average Bonchev–Trinajstić information content (AvgIpc) is 3.02. The number of benzene rings is 3. The lowest BCUT2D eigenvalue weighted by Crippen LogP contribution is -2.41. The first-order valence-corrected chi connectivity index (χ1v) is 11.6. The summed E-state index contributed by atoms with van der Waals surface area (Å²) in [4.78, 5) is 12.9. The Hall–Kier alpha value is -2.93. The molecule has 6 heteroatoms. The summed E-state index contributed by atoms with van der Waals surface area (Å²) in [7, 11) is -0.507. The van der Waals surface area contributed by atoms with Crippen molar-refractivity contribution < 1.29 is 18.8 Å². The van der Waals surface area contributed by atoms with Crippen LogP contribution in [0.3, 0.4) is 0 Å². The van der Waals surface area contributed by atoms with Gasteiger partial charge in [0.2, 0.25) is 0 Å². The molecule has 0 unspecified atom stereocenters. The summed E-state index contributed by atoms with van der Waals surface area (Å²) >= 11 is 0. The summed E-state index contributed by atoms with van der Waals surface area (Å²) in [5.41, 5.74) is 4.51. The van der Waals surface area contributed by atoms with Crippen LogP contribution in [0.15, 0.2) is 72.8 Å². The SMILES string of the molecule is Cc1ccc(C(=O)Nc2ccc(COCc3ccccc3)cc2)cc1B1OC(C)(C)C(C)(C)O1. The van der Waals surface area contributed by atoms with Gasteiger partial charge in [-0.3, -0.25) is 4.79 Å². The van der Waals surface area contributed by atoms with Crippen LogP contribution in [-0.4, -0.2) is 24.2 Å². The van der Waals surface area contributed by atoms with E-state index in [0.29, 0.717) is 18.8 Å². The van der Waals surface area contributed by atoms with E-state index in [1.54, 1.807) is 0 Å². The van der Waals surface area contributed by atoms with E-state index in [9.17, 15) is 4.79 Å². The number of rotatable bonds is 7. The maximum absolute atomic E-state index is 12.9. The molecule has 1 fully saturated rings. The first-order valence-electron chi connectivity index (χ1n) is 11.6. The van der Waals surface area contributed by atoms with Crippen molar-refractivity contribution >= 4 is 24.2 Å². The highest BCUT2D eigenvalue weighted by molar-refractivity contribution is 6.62. The molecule has 0 aliphatic carbocycles. The van der Waals surface area contributed by atoms with E-state index in [4.69, 9.17) is 14.0 Å². The van der Waals surface area contributed by atoms with Gasteiger partial charge >= 0.3 is 7.12 Å². The molecule has 1 aliphatic heterocycles. The van der Waals surface area contributed by atoms with Crippen molar-refractivity contribution in [2.75, 3.05) is 5.32 Å². The molecule has 176 valence electrons. The van der Waals surface area contributed by atoms with Gasteiger partial charge in [0.25, 0.3) is 5.91 Å². The molecule has 5 nitrogen and oxygen atoms in total. The molecule has 0 radical (unpaired) electrons. The summed E-state index contributed by atoms with van der Waals surface area (Å²) in [5, 5.41) is 2.98. The summed E-state index contributed by atoms with van der Waals surface area (Å²) in [6, 6.07) is 23.4. The first-order chi connectivity index (χ1) is 16.1. The van der Waals surface area contributed by atoms with Crippen LogP contribution in [0.2, 0.25) is 0 Å². The predicted octanol–water partition coefficient (Wildman–Crippen LogP) is 5.26. The van der Waals surface area contributed by atoms with Crippen molar-refractivity contribution in [3.05, 3.63) is 95.1 Å². The van der Waals surface area contributed by atoms with Crippen LogP contribution in [-0.2, 0) is 27.3 Å². The van der Waals surface area contributed by atoms with E-state index in [0.717, 1.165) is 27.8 Å². The van der Waals surface area contributed by atoms with Crippen molar-refractivity contribution in [1.29, 1.82) is 0 Å². The molecule has 0 saturated carbocycles. The molecule has 1 amide bonds. The zero-order chi connectivity index (χ0) is 24.3. The van der Waals surface area contributed by atoms with Crippen LogP contribution in [0.25, 0.3) is 0 Å². The second-order valence-electron chi connectivity index (χ2n) is 9.79. The van der Waals surface area contributed by atoms with E-state index in [2.05, 4.69) is 5.32 Å². The standard InChI is InChI=1S/C28H32BNO4/c1-20-11-14-23(17-25(20)29-33-27(2,3)28(4,5)34-29)26(31)30-24-15-12-22(13-16-24)19-32-18-21-9-7-6-8-10-21/h6-17H,18-19H2,1-5H3,(H,30,31). The van der Waals surface area contributed by atoms with Gasteiger partial charge < -0.3 is 19.4 Å². The molecule has 0 spiro atoms. The topological polar surface area (TPSA) is 56.8 Å². The Bertz CT molecular complexity index is 1130. The predicted molar refractivity (Wildman–Crippen MR) is 136 cm³/mol. The van der Waals surface area contributed by atoms with Gasteiger partial charge in [0.05, 0.1) is 24.4 Å². The Morgan fingerprint density at radius 1 is 0.853 bits per heavy atom. The zero-order valence-corrected chi connectivity index (χ0v) is 20.6. The lowest BCUT2D eigenvalue weighted by molar-refractivity contribution is 0.00578. The number of hydrogen-bond acceptors (Lipinski definition) is 4.